The number of para-hydroxylation sites is 1. The highest BCUT2D eigenvalue weighted by Crippen LogP contribution is 2.18. The van der Waals surface area contributed by atoms with Crippen molar-refractivity contribution in [3.05, 3.63) is 41.7 Å². The Morgan fingerprint density at radius 3 is 2.95 bits per heavy atom. The lowest BCUT2D eigenvalue weighted by molar-refractivity contribution is 0.274. The lowest BCUT2D eigenvalue weighted by Crippen LogP contribution is -2.09. The van der Waals surface area contributed by atoms with E-state index in [9.17, 15) is 4.39 Å². The van der Waals surface area contributed by atoms with Crippen molar-refractivity contribution in [2.24, 2.45) is 0 Å². The molecule has 1 aromatic carbocycles. The molecule has 0 radical (unpaired) electrons. The number of fused-ring (bicyclic) bond motifs is 1. The average molecular weight is 261 g/mol. The van der Waals surface area contributed by atoms with Crippen molar-refractivity contribution >= 4 is 0 Å². The van der Waals surface area contributed by atoms with Crippen LogP contribution in [0.2, 0.25) is 0 Å². The van der Waals surface area contributed by atoms with Gasteiger partial charge in [-0.1, -0.05) is 18.6 Å². The molecular formula is C14H16FN3O. The number of nitrogens with zero attached hydrogens (tertiary/aromatic N) is 3. The maximum atomic E-state index is 13.5. The molecule has 2 aromatic rings. The van der Waals surface area contributed by atoms with Crippen LogP contribution in [-0.4, -0.2) is 14.8 Å². The number of halogens is 1. The van der Waals surface area contributed by atoms with Crippen LogP contribution in [0.1, 0.15) is 30.9 Å². The van der Waals surface area contributed by atoms with Gasteiger partial charge in [0.1, 0.15) is 12.4 Å². The molecule has 19 heavy (non-hydrogen) atoms. The number of benzene rings is 1. The number of aromatic nitrogens is 3. The fourth-order valence-corrected chi connectivity index (χ4v) is 2.36. The number of ether oxygens (including phenoxy) is 1. The van der Waals surface area contributed by atoms with Gasteiger partial charge >= 0.3 is 0 Å². The van der Waals surface area contributed by atoms with E-state index in [1.807, 2.05) is 0 Å². The minimum Gasteiger partial charge on any atom is -0.483 e. The van der Waals surface area contributed by atoms with Gasteiger partial charge in [-0.2, -0.15) is 0 Å². The van der Waals surface area contributed by atoms with Gasteiger partial charge in [0.15, 0.2) is 17.4 Å². The quantitative estimate of drug-likeness (QED) is 0.853. The van der Waals surface area contributed by atoms with Crippen LogP contribution >= 0.6 is 0 Å². The van der Waals surface area contributed by atoms with Crippen molar-refractivity contribution < 1.29 is 9.13 Å². The summed E-state index contributed by atoms with van der Waals surface area (Å²) in [5.74, 6) is 1.70. The molecule has 0 N–H and O–H groups in total. The molecule has 0 unspecified atom stereocenters. The van der Waals surface area contributed by atoms with Gasteiger partial charge in [-0.05, 0) is 25.0 Å². The number of aryl methyl sites for hydroxylation is 1. The Labute approximate surface area is 111 Å². The highest BCUT2D eigenvalue weighted by Gasteiger charge is 2.15. The van der Waals surface area contributed by atoms with Crippen molar-refractivity contribution in [1.29, 1.82) is 0 Å². The Morgan fingerprint density at radius 2 is 2.05 bits per heavy atom. The monoisotopic (exact) mass is 261 g/mol. The van der Waals surface area contributed by atoms with E-state index < -0.39 is 0 Å². The lowest BCUT2D eigenvalue weighted by Gasteiger charge is -2.09. The summed E-state index contributed by atoms with van der Waals surface area (Å²) in [6.07, 6.45) is 4.48. The van der Waals surface area contributed by atoms with Crippen molar-refractivity contribution in [3.63, 3.8) is 0 Å². The Hall–Kier alpha value is -1.91. The Balaban J connectivity index is 1.74. The van der Waals surface area contributed by atoms with Crippen molar-refractivity contribution in [1.82, 2.24) is 14.8 Å². The predicted molar refractivity (Wildman–Crippen MR) is 68.3 cm³/mol. The van der Waals surface area contributed by atoms with Crippen LogP contribution in [0.25, 0.3) is 0 Å². The molecule has 0 amide bonds. The first-order valence-corrected chi connectivity index (χ1v) is 6.63. The van der Waals surface area contributed by atoms with Crippen LogP contribution in [-0.2, 0) is 19.6 Å². The summed E-state index contributed by atoms with van der Waals surface area (Å²) in [7, 11) is 0. The molecule has 0 fully saturated rings. The second kappa shape index (κ2) is 5.38. The highest BCUT2D eigenvalue weighted by molar-refractivity contribution is 5.23. The Kier molecular flexibility index (Phi) is 3.44. The molecule has 0 spiro atoms. The first-order chi connectivity index (χ1) is 9.34. The maximum absolute atomic E-state index is 13.5. The van der Waals surface area contributed by atoms with Crippen molar-refractivity contribution in [2.45, 2.75) is 38.8 Å². The molecule has 0 saturated carbocycles. The first kappa shape index (κ1) is 12.1. The highest BCUT2D eigenvalue weighted by atomic mass is 19.1. The van der Waals surface area contributed by atoms with Crippen LogP contribution in [0.15, 0.2) is 24.3 Å². The third-order valence-electron chi connectivity index (χ3n) is 3.38. The minimum absolute atomic E-state index is 0.258. The Morgan fingerprint density at radius 1 is 1.16 bits per heavy atom. The standard InChI is InChI=1S/C14H16FN3O/c15-11-6-3-4-7-12(11)19-10-14-17-16-13-8-2-1-5-9-18(13)14/h3-4,6-7H,1-2,5,8-10H2. The molecule has 100 valence electrons. The molecule has 3 rings (SSSR count). The van der Waals surface area contributed by atoms with Gasteiger partial charge in [-0.15, -0.1) is 10.2 Å². The molecule has 4 nitrogen and oxygen atoms in total. The SMILES string of the molecule is Fc1ccccc1OCc1nnc2n1CCCCC2. The zero-order valence-electron chi connectivity index (χ0n) is 10.7. The van der Waals surface area contributed by atoms with E-state index in [1.54, 1.807) is 18.2 Å². The molecule has 1 aliphatic rings. The van der Waals surface area contributed by atoms with Gasteiger partial charge < -0.3 is 9.30 Å². The maximum Gasteiger partial charge on any atom is 0.171 e. The fourth-order valence-electron chi connectivity index (χ4n) is 2.36. The molecule has 2 heterocycles. The van der Waals surface area contributed by atoms with Gasteiger partial charge in [0.25, 0.3) is 0 Å². The van der Waals surface area contributed by atoms with Crippen molar-refractivity contribution in [2.75, 3.05) is 0 Å². The van der Waals surface area contributed by atoms with E-state index >= 15 is 0 Å². The normalized spacial score (nSPS) is 14.8. The summed E-state index contributed by atoms with van der Waals surface area (Å²) in [5.41, 5.74) is 0. The Bertz CT molecular complexity index is 568. The second-order valence-electron chi connectivity index (χ2n) is 4.71. The van der Waals surface area contributed by atoms with E-state index in [1.165, 1.54) is 12.5 Å². The first-order valence-electron chi connectivity index (χ1n) is 6.63. The summed E-state index contributed by atoms with van der Waals surface area (Å²) < 4.78 is 21.0. The van der Waals surface area contributed by atoms with Crippen LogP contribution in [0.3, 0.4) is 0 Å². The van der Waals surface area contributed by atoms with Gasteiger partial charge in [-0.25, -0.2) is 4.39 Å². The number of rotatable bonds is 3. The van der Waals surface area contributed by atoms with Crippen LogP contribution in [0.4, 0.5) is 4.39 Å². The van der Waals surface area contributed by atoms with Gasteiger partial charge in [0.2, 0.25) is 0 Å². The van der Waals surface area contributed by atoms with Crippen LogP contribution in [0, 0.1) is 5.82 Å². The largest absolute Gasteiger partial charge is 0.483 e. The summed E-state index contributed by atoms with van der Waals surface area (Å²) in [6, 6.07) is 6.41. The minimum atomic E-state index is -0.349. The zero-order chi connectivity index (χ0) is 13.1. The zero-order valence-corrected chi connectivity index (χ0v) is 10.7. The van der Waals surface area contributed by atoms with Gasteiger partial charge in [-0.3, -0.25) is 0 Å². The van der Waals surface area contributed by atoms with E-state index in [-0.39, 0.29) is 18.2 Å². The average Bonchev–Trinajstić information content (AvgIpc) is 2.66. The van der Waals surface area contributed by atoms with E-state index in [4.69, 9.17) is 4.74 Å². The third-order valence-corrected chi connectivity index (χ3v) is 3.38. The molecule has 1 aliphatic heterocycles. The topological polar surface area (TPSA) is 39.9 Å². The molecule has 0 bridgehead atoms. The van der Waals surface area contributed by atoms with E-state index in [2.05, 4.69) is 14.8 Å². The van der Waals surface area contributed by atoms with E-state index in [0.717, 1.165) is 37.5 Å². The van der Waals surface area contributed by atoms with Crippen LogP contribution in [0.5, 0.6) is 5.75 Å². The number of hydrogen-bond donors (Lipinski definition) is 0. The van der Waals surface area contributed by atoms with Gasteiger partial charge in [0.05, 0.1) is 0 Å². The summed E-state index contributed by atoms with van der Waals surface area (Å²) in [4.78, 5) is 0. The smallest absolute Gasteiger partial charge is 0.171 e. The summed E-state index contributed by atoms with van der Waals surface area (Å²) in [5, 5.41) is 8.34. The number of hydrogen-bond acceptors (Lipinski definition) is 3. The molecular weight excluding hydrogens is 245 g/mol. The lowest BCUT2D eigenvalue weighted by atomic mass is 10.2. The van der Waals surface area contributed by atoms with Gasteiger partial charge in [0, 0.05) is 13.0 Å². The molecule has 0 aliphatic carbocycles. The summed E-state index contributed by atoms with van der Waals surface area (Å²) >= 11 is 0. The molecule has 0 atom stereocenters. The van der Waals surface area contributed by atoms with Crippen molar-refractivity contribution in [3.8, 4) is 5.75 Å². The fraction of sp³-hybridized carbons (Fsp3) is 0.429. The third kappa shape index (κ3) is 2.59. The molecule has 5 heteroatoms. The molecule has 0 saturated heterocycles. The second-order valence-corrected chi connectivity index (χ2v) is 4.71. The summed E-state index contributed by atoms with van der Waals surface area (Å²) in [6.45, 7) is 1.19. The predicted octanol–water partition coefficient (Wildman–Crippen LogP) is 2.72. The molecule has 1 aromatic heterocycles. The van der Waals surface area contributed by atoms with Crippen LogP contribution < -0.4 is 4.74 Å². The van der Waals surface area contributed by atoms with E-state index in [0.29, 0.717) is 0 Å².